The molecule has 2 atom stereocenters. The van der Waals surface area contributed by atoms with E-state index < -0.39 is 12.2 Å². The van der Waals surface area contributed by atoms with Crippen LogP contribution in [0.25, 0.3) is 10.8 Å². The molecule has 0 aliphatic carbocycles. The molecule has 0 aliphatic rings. The minimum Gasteiger partial charge on any atom is -0.487 e. The molecule has 0 aliphatic heterocycles. The summed E-state index contributed by atoms with van der Waals surface area (Å²) < 4.78 is 11.7. The summed E-state index contributed by atoms with van der Waals surface area (Å²) in [5, 5.41) is 28.7. The molecule has 0 aromatic heterocycles. The molecular formula is C22H34N2O4. The molecule has 0 heterocycles. The molecular weight excluding hydrogens is 356 g/mol. The van der Waals surface area contributed by atoms with Gasteiger partial charge in [-0.2, -0.15) is 0 Å². The number of hydrogen-bond donors (Lipinski definition) is 4. The first-order valence-electron chi connectivity index (χ1n) is 9.96. The fourth-order valence-electron chi connectivity index (χ4n) is 2.66. The summed E-state index contributed by atoms with van der Waals surface area (Å²) in [6, 6.07) is 12.4. The maximum atomic E-state index is 10.1. The molecule has 0 radical (unpaired) electrons. The van der Waals surface area contributed by atoms with E-state index in [4.69, 9.17) is 9.47 Å². The molecule has 156 valence electrons. The highest BCUT2D eigenvalue weighted by Gasteiger charge is 2.13. The van der Waals surface area contributed by atoms with Gasteiger partial charge in [-0.3, -0.25) is 0 Å². The lowest BCUT2D eigenvalue weighted by molar-refractivity contribution is 0.0911. The summed E-state index contributed by atoms with van der Waals surface area (Å²) in [6.45, 7) is 9.36. The molecule has 0 fully saturated rings. The van der Waals surface area contributed by atoms with Crippen LogP contribution < -0.4 is 20.1 Å². The predicted octanol–water partition coefficient (Wildman–Crippen LogP) is 2.32. The van der Waals surface area contributed by atoms with E-state index in [1.165, 1.54) is 0 Å². The van der Waals surface area contributed by atoms with Crippen LogP contribution in [0.1, 0.15) is 27.7 Å². The fraction of sp³-hybridized carbons (Fsp3) is 0.545. The van der Waals surface area contributed by atoms with Crippen LogP contribution in [0.5, 0.6) is 11.5 Å². The van der Waals surface area contributed by atoms with Crippen molar-refractivity contribution in [3.05, 3.63) is 36.4 Å². The Morgan fingerprint density at radius 2 is 1.14 bits per heavy atom. The smallest absolute Gasteiger partial charge is 0.161 e. The lowest BCUT2D eigenvalue weighted by Crippen LogP contribution is -2.35. The van der Waals surface area contributed by atoms with E-state index in [0.29, 0.717) is 36.7 Å². The van der Waals surface area contributed by atoms with E-state index in [0.717, 1.165) is 10.8 Å². The fourth-order valence-corrected chi connectivity index (χ4v) is 2.66. The van der Waals surface area contributed by atoms with Crippen LogP contribution in [0.15, 0.2) is 36.4 Å². The van der Waals surface area contributed by atoms with Crippen molar-refractivity contribution >= 4 is 10.8 Å². The summed E-state index contributed by atoms with van der Waals surface area (Å²) in [7, 11) is 0. The van der Waals surface area contributed by atoms with Crippen molar-refractivity contribution in [3.63, 3.8) is 0 Å². The zero-order chi connectivity index (χ0) is 20.5. The Morgan fingerprint density at radius 3 is 1.50 bits per heavy atom. The monoisotopic (exact) mass is 390 g/mol. The van der Waals surface area contributed by atoms with Gasteiger partial charge in [-0.1, -0.05) is 52.0 Å². The van der Waals surface area contributed by atoms with Crippen molar-refractivity contribution < 1.29 is 19.7 Å². The Morgan fingerprint density at radius 1 is 0.750 bits per heavy atom. The average Bonchev–Trinajstić information content (AvgIpc) is 2.67. The first kappa shape index (κ1) is 22.4. The van der Waals surface area contributed by atoms with Crippen LogP contribution in [-0.2, 0) is 0 Å². The van der Waals surface area contributed by atoms with E-state index in [2.05, 4.69) is 10.6 Å². The number of nitrogens with one attached hydrogen (secondary N) is 2. The molecule has 0 bridgehead atoms. The van der Waals surface area contributed by atoms with Crippen molar-refractivity contribution in [2.75, 3.05) is 26.3 Å². The van der Waals surface area contributed by atoms with Gasteiger partial charge in [0.25, 0.3) is 0 Å². The lowest BCUT2D eigenvalue weighted by atomic mass is 10.1. The molecule has 2 rings (SSSR count). The van der Waals surface area contributed by atoms with Crippen LogP contribution in [0.4, 0.5) is 0 Å². The van der Waals surface area contributed by atoms with E-state index in [1.807, 2.05) is 64.1 Å². The van der Waals surface area contributed by atoms with Gasteiger partial charge in [-0.25, -0.2) is 0 Å². The number of fused-ring (bicyclic) bond motifs is 1. The topological polar surface area (TPSA) is 83.0 Å². The highest BCUT2D eigenvalue weighted by molar-refractivity contribution is 5.86. The number of aliphatic hydroxyl groups is 2. The van der Waals surface area contributed by atoms with Gasteiger partial charge in [0.15, 0.2) is 11.5 Å². The minimum absolute atomic E-state index is 0.159. The van der Waals surface area contributed by atoms with Gasteiger partial charge in [0, 0.05) is 25.2 Å². The van der Waals surface area contributed by atoms with Crippen molar-refractivity contribution in [1.29, 1.82) is 0 Å². The van der Waals surface area contributed by atoms with Gasteiger partial charge < -0.3 is 30.3 Å². The third kappa shape index (κ3) is 7.64. The first-order valence-corrected chi connectivity index (χ1v) is 9.96. The molecule has 0 unspecified atom stereocenters. The van der Waals surface area contributed by atoms with Crippen LogP contribution >= 0.6 is 0 Å². The molecule has 4 N–H and O–H groups in total. The molecule has 0 spiro atoms. The standard InChI is InChI=1S/C22H34N2O4/c1-15(2)23-11-19(25)13-27-21-9-17-7-5-6-8-18(17)10-22(21)28-14-20(26)12-24-16(3)4/h5-10,15-16,19-20,23-26H,11-14H2,1-4H3/t19-,20-/m1/s1. The Balaban J connectivity index is 2.05. The Kier molecular flexibility index (Phi) is 8.99. The number of rotatable bonds is 12. The van der Waals surface area contributed by atoms with E-state index in [9.17, 15) is 10.2 Å². The van der Waals surface area contributed by atoms with Gasteiger partial charge in [0.2, 0.25) is 0 Å². The first-order chi connectivity index (χ1) is 13.3. The molecule has 2 aromatic rings. The van der Waals surface area contributed by atoms with Gasteiger partial charge in [-0.05, 0) is 22.9 Å². The minimum atomic E-state index is -0.623. The maximum Gasteiger partial charge on any atom is 0.161 e. The summed E-state index contributed by atoms with van der Waals surface area (Å²) in [5.74, 6) is 1.12. The van der Waals surface area contributed by atoms with E-state index in [1.54, 1.807) is 0 Å². The second kappa shape index (κ2) is 11.2. The zero-order valence-corrected chi connectivity index (χ0v) is 17.3. The Bertz CT molecular complexity index is 660. The van der Waals surface area contributed by atoms with Crippen molar-refractivity contribution in [2.45, 2.75) is 52.0 Å². The highest BCUT2D eigenvalue weighted by atomic mass is 16.5. The largest absolute Gasteiger partial charge is 0.487 e. The molecule has 0 saturated heterocycles. The number of aliphatic hydroxyl groups excluding tert-OH is 2. The molecule has 2 aromatic carbocycles. The third-order valence-electron chi connectivity index (χ3n) is 4.20. The zero-order valence-electron chi connectivity index (χ0n) is 17.3. The molecule has 28 heavy (non-hydrogen) atoms. The van der Waals surface area contributed by atoms with Gasteiger partial charge in [-0.15, -0.1) is 0 Å². The predicted molar refractivity (Wildman–Crippen MR) is 113 cm³/mol. The summed E-state index contributed by atoms with van der Waals surface area (Å²) in [6.07, 6.45) is -1.25. The second-order valence-corrected chi connectivity index (χ2v) is 7.70. The third-order valence-corrected chi connectivity index (χ3v) is 4.20. The number of hydrogen-bond acceptors (Lipinski definition) is 6. The molecule has 6 heteroatoms. The second-order valence-electron chi connectivity index (χ2n) is 7.70. The van der Waals surface area contributed by atoms with Crippen LogP contribution in [0.3, 0.4) is 0 Å². The average molecular weight is 391 g/mol. The van der Waals surface area contributed by atoms with Crippen molar-refractivity contribution in [3.8, 4) is 11.5 Å². The summed E-state index contributed by atoms with van der Waals surface area (Å²) >= 11 is 0. The quantitative estimate of drug-likeness (QED) is 0.445. The maximum absolute atomic E-state index is 10.1. The number of benzene rings is 2. The van der Waals surface area contributed by atoms with Crippen molar-refractivity contribution in [2.24, 2.45) is 0 Å². The summed E-state index contributed by atoms with van der Waals surface area (Å²) in [4.78, 5) is 0. The molecule has 0 saturated carbocycles. The van der Waals surface area contributed by atoms with Gasteiger partial charge >= 0.3 is 0 Å². The van der Waals surface area contributed by atoms with Crippen LogP contribution in [-0.4, -0.2) is 60.8 Å². The van der Waals surface area contributed by atoms with Gasteiger partial charge in [0.1, 0.15) is 25.4 Å². The summed E-state index contributed by atoms with van der Waals surface area (Å²) in [5.41, 5.74) is 0. The molecule has 6 nitrogen and oxygen atoms in total. The number of ether oxygens (including phenoxy) is 2. The normalized spacial score (nSPS) is 13.9. The highest BCUT2D eigenvalue weighted by Crippen LogP contribution is 2.32. The molecule has 0 amide bonds. The van der Waals surface area contributed by atoms with Crippen LogP contribution in [0, 0.1) is 0 Å². The van der Waals surface area contributed by atoms with Gasteiger partial charge in [0.05, 0.1) is 0 Å². The van der Waals surface area contributed by atoms with E-state index in [-0.39, 0.29) is 13.2 Å². The van der Waals surface area contributed by atoms with E-state index >= 15 is 0 Å². The Hall–Kier alpha value is -1.86. The SMILES string of the molecule is CC(C)NC[C@@H](O)COc1cc2ccccc2cc1OC[C@H](O)CNC(C)C. The lowest BCUT2D eigenvalue weighted by Gasteiger charge is -2.19. The van der Waals surface area contributed by atoms with Crippen molar-refractivity contribution in [1.82, 2.24) is 10.6 Å². The van der Waals surface area contributed by atoms with Crippen LogP contribution in [0.2, 0.25) is 0 Å². The Labute approximate surface area is 167 Å².